The molecule has 0 spiro atoms. The topological polar surface area (TPSA) is 92.5 Å². The summed E-state index contributed by atoms with van der Waals surface area (Å²) in [6, 6.07) is 5.93. The molecule has 1 amide bonds. The second-order valence-corrected chi connectivity index (χ2v) is 6.42. The monoisotopic (exact) mass is 319 g/mol. The fourth-order valence-corrected chi connectivity index (χ4v) is 2.78. The van der Waals surface area contributed by atoms with Gasteiger partial charge in [-0.15, -0.1) is 12.4 Å². The van der Waals surface area contributed by atoms with Crippen molar-refractivity contribution in [3.05, 3.63) is 29.8 Å². The largest absolute Gasteiger partial charge is 0.337 e. The lowest BCUT2D eigenvalue weighted by molar-refractivity contribution is 0.0791. The number of hydrogen-bond donors (Lipinski definition) is 2. The number of nitrogens with one attached hydrogen (secondary N) is 1. The van der Waals surface area contributed by atoms with Crippen LogP contribution in [0.2, 0.25) is 0 Å². The van der Waals surface area contributed by atoms with Gasteiger partial charge in [-0.2, -0.15) is 0 Å². The van der Waals surface area contributed by atoms with E-state index < -0.39 is 10.0 Å². The van der Waals surface area contributed by atoms with Crippen molar-refractivity contribution in [1.82, 2.24) is 9.62 Å². The normalized spacial score (nSPS) is 18.7. The van der Waals surface area contributed by atoms with E-state index >= 15 is 0 Å². The van der Waals surface area contributed by atoms with Crippen molar-refractivity contribution in [3.8, 4) is 0 Å². The van der Waals surface area contributed by atoms with Crippen molar-refractivity contribution >= 4 is 28.3 Å². The molecule has 1 aromatic rings. The fourth-order valence-electron chi connectivity index (χ4n) is 2.05. The molecule has 8 heteroatoms. The smallest absolute Gasteiger partial charge is 0.253 e. The van der Waals surface area contributed by atoms with Gasteiger partial charge in [0.05, 0.1) is 4.90 Å². The highest BCUT2D eigenvalue weighted by molar-refractivity contribution is 7.89. The van der Waals surface area contributed by atoms with E-state index in [1.807, 2.05) is 0 Å². The number of halogens is 1. The van der Waals surface area contributed by atoms with Crippen molar-refractivity contribution in [1.29, 1.82) is 0 Å². The van der Waals surface area contributed by atoms with Gasteiger partial charge >= 0.3 is 0 Å². The molecule has 0 radical (unpaired) electrons. The van der Waals surface area contributed by atoms with E-state index in [-0.39, 0.29) is 29.3 Å². The maximum Gasteiger partial charge on any atom is 0.253 e. The highest BCUT2D eigenvalue weighted by Gasteiger charge is 2.24. The summed E-state index contributed by atoms with van der Waals surface area (Å²) in [5, 5.41) is 0. The van der Waals surface area contributed by atoms with Crippen LogP contribution in [0.15, 0.2) is 29.2 Å². The first-order valence-electron chi connectivity index (χ1n) is 6.02. The molecule has 6 nitrogen and oxygen atoms in total. The Kier molecular flexibility index (Phi) is 5.52. The summed E-state index contributed by atoms with van der Waals surface area (Å²) in [5.74, 6) is -0.110. The Morgan fingerprint density at radius 2 is 1.95 bits per heavy atom. The second kappa shape index (κ2) is 6.53. The molecule has 1 heterocycles. The van der Waals surface area contributed by atoms with Crippen LogP contribution in [0.4, 0.5) is 0 Å². The molecule has 0 unspecified atom stereocenters. The Balaban J connectivity index is 0.00000200. The zero-order valence-electron chi connectivity index (χ0n) is 11.1. The van der Waals surface area contributed by atoms with Crippen LogP contribution in [0.5, 0.6) is 0 Å². The molecule has 3 N–H and O–H groups in total. The van der Waals surface area contributed by atoms with Gasteiger partial charge in [0, 0.05) is 24.7 Å². The highest BCUT2D eigenvalue weighted by atomic mass is 35.5. The number of carbonyl (C=O) groups excluding carboxylic acids is 1. The van der Waals surface area contributed by atoms with Gasteiger partial charge in [-0.05, 0) is 37.7 Å². The van der Waals surface area contributed by atoms with E-state index in [0.717, 1.165) is 6.42 Å². The van der Waals surface area contributed by atoms with E-state index in [1.165, 1.54) is 31.3 Å². The molecule has 1 aliphatic rings. The van der Waals surface area contributed by atoms with Crippen molar-refractivity contribution < 1.29 is 13.2 Å². The van der Waals surface area contributed by atoms with Gasteiger partial charge in [-0.25, -0.2) is 13.1 Å². The van der Waals surface area contributed by atoms with Gasteiger partial charge in [0.1, 0.15) is 0 Å². The molecular weight excluding hydrogens is 302 g/mol. The molecule has 112 valence electrons. The van der Waals surface area contributed by atoms with E-state index in [1.54, 1.807) is 4.90 Å². The Labute approximate surface area is 124 Å². The molecule has 1 saturated heterocycles. The lowest BCUT2D eigenvalue weighted by Gasteiger charge is -2.15. The molecule has 1 aliphatic heterocycles. The van der Waals surface area contributed by atoms with Crippen molar-refractivity contribution in [3.63, 3.8) is 0 Å². The van der Waals surface area contributed by atoms with Gasteiger partial charge in [0.15, 0.2) is 0 Å². The summed E-state index contributed by atoms with van der Waals surface area (Å²) in [6.07, 6.45) is 0.804. The Hall–Kier alpha value is -1.15. The Bertz CT molecular complexity index is 574. The quantitative estimate of drug-likeness (QED) is 0.832. The standard InChI is InChI=1S/C12H17N3O3S.ClH/c1-14-19(17,18)11-4-2-9(3-5-11)12(16)15-7-6-10(13)8-15;/h2-5,10,14H,6-8,13H2,1H3;1H/t10-;/m1./s1. The molecule has 20 heavy (non-hydrogen) atoms. The van der Waals surface area contributed by atoms with Gasteiger partial charge < -0.3 is 10.6 Å². The van der Waals surface area contributed by atoms with Crippen LogP contribution in [-0.4, -0.2) is 45.4 Å². The summed E-state index contributed by atoms with van der Waals surface area (Å²) in [7, 11) is -2.12. The zero-order valence-corrected chi connectivity index (χ0v) is 12.7. The summed E-state index contributed by atoms with van der Waals surface area (Å²) in [4.78, 5) is 14.0. The third kappa shape index (κ3) is 3.49. The first kappa shape index (κ1) is 16.9. The third-order valence-corrected chi connectivity index (χ3v) is 4.62. The minimum atomic E-state index is -3.46. The number of nitrogens with zero attached hydrogens (tertiary/aromatic N) is 1. The first-order valence-corrected chi connectivity index (χ1v) is 7.51. The van der Waals surface area contributed by atoms with Gasteiger partial charge in [-0.3, -0.25) is 4.79 Å². The number of nitrogens with two attached hydrogens (primary N) is 1. The predicted octanol–water partition coefficient (Wildman–Crippen LogP) is 0.190. The summed E-state index contributed by atoms with van der Waals surface area (Å²) in [5.41, 5.74) is 6.23. The number of sulfonamides is 1. The number of hydrogen-bond acceptors (Lipinski definition) is 4. The van der Waals surface area contributed by atoms with E-state index in [0.29, 0.717) is 18.7 Å². The molecule has 0 aromatic heterocycles. The number of likely N-dealkylation sites (tertiary alicyclic amines) is 1. The number of amides is 1. The summed E-state index contributed by atoms with van der Waals surface area (Å²) in [6.45, 7) is 1.20. The van der Waals surface area contributed by atoms with Crippen LogP contribution >= 0.6 is 12.4 Å². The Morgan fingerprint density at radius 3 is 2.40 bits per heavy atom. The van der Waals surface area contributed by atoms with Crippen molar-refractivity contribution in [2.24, 2.45) is 5.73 Å². The van der Waals surface area contributed by atoms with E-state index in [2.05, 4.69) is 4.72 Å². The highest BCUT2D eigenvalue weighted by Crippen LogP contribution is 2.15. The average Bonchev–Trinajstić information content (AvgIpc) is 2.85. The molecular formula is C12H18ClN3O3S. The van der Waals surface area contributed by atoms with Crippen molar-refractivity contribution in [2.45, 2.75) is 17.4 Å². The minimum Gasteiger partial charge on any atom is -0.337 e. The van der Waals surface area contributed by atoms with E-state index in [4.69, 9.17) is 5.73 Å². The van der Waals surface area contributed by atoms with Gasteiger partial charge in [0.2, 0.25) is 10.0 Å². The molecule has 1 atom stereocenters. The average molecular weight is 320 g/mol. The molecule has 2 rings (SSSR count). The van der Waals surface area contributed by atoms with Gasteiger partial charge in [-0.1, -0.05) is 0 Å². The molecule has 1 fully saturated rings. The maximum atomic E-state index is 12.1. The minimum absolute atomic E-state index is 0. The van der Waals surface area contributed by atoms with Crippen LogP contribution < -0.4 is 10.5 Å². The predicted molar refractivity (Wildman–Crippen MR) is 78.4 cm³/mol. The van der Waals surface area contributed by atoms with E-state index in [9.17, 15) is 13.2 Å². The zero-order chi connectivity index (χ0) is 14.0. The summed E-state index contributed by atoms with van der Waals surface area (Å²) >= 11 is 0. The van der Waals surface area contributed by atoms with Crippen molar-refractivity contribution in [2.75, 3.05) is 20.1 Å². The lowest BCUT2D eigenvalue weighted by atomic mass is 10.2. The molecule has 1 aromatic carbocycles. The fraction of sp³-hybridized carbons (Fsp3) is 0.417. The molecule has 0 bridgehead atoms. The van der Waals surface area contributed by atoms with Crippen LogP contribution in [0.25, 0.3) is 0 Å². The number of carbonyl (C=O) groups is 1. The van der Waals surface area contributed by atoms with Crippen LogP contribution in [0.1, 0.15) is 16.8 Å². The van der Waals surface area contributed by atoms with Crippen LogP contribution in [0.3, 0.4) is 0 Å². The Morgan fingerprint density at radius 1 is 1.35 bits per heavy atom. The maximum absolute atomic E-state index is 12.1. The third-order valence-electron chi connectivity index (χ3n) is 3.19. The molecule has 0 aliphatic carbocycles. The summed E-state index contributed by atoms with van der Waals surface area (Å²) < 4.78 is 25.3. The first-order chi connectivity index (χ1) is 8.94. The van der Waals surface area contributed by atoms with Crippen LogP contribution in [-0.2, 0) is 10.0 Å². The second-order valence-electron chi connectivity index (χ2n) is 4.53. The van der Waals surface area contributed by atoms with Crippen LogP contribution in [0, 0.1) is 0 Å². The SMILES string of the molecule is CNS(=O)(=O)c1ccc(C(=O)N2CC[C@@H](N)C2)cc1.Cl. The number of benzene rings is 1. The number of rotatable bonds is 3. The molecule has 0 saturated carbocycles. The lowest BCUT2D eigenvalue weighted by Crippen LogP contribution is -2.31. The van der Waals surface area contributed by atoms with Gasteiger partial charge in [0.25, 0.3) is 5.91 Å².